The minimum atomic E-state index is -5.92. The number of anilines is 1. The molecule has 222 valence electrons. The van der Waals surface area contributed by atoms with Crippen molar-refractivity contribution in [1.82, 2.24) is 19.5 Å². The normalized spacial score (nSPS) is 27.2. The molecule has 3 rings (SSSR count). The van der Waals surface area contributed by atoms with Crippen molar-refractivity contribution >= 4 is 56.1 Å². The molecule has 29 heteroatoms. The molecular formula is C10H18N5O19P5. The van der Waals surface area contributed by atoms with Gasteiger partial charge in [0.15, 0.2) is 17.7 Å². The Morgan fingerprint density at radius 2 is 1.46 bits per heavy atom. The number of phosphoric ester groups is 2. The molecule has 0 amide bonds. The van der Waals surface area contributed by atoms with Gasteiger partial charge in [-0.3, -0.25) is 13.6 Å². The van der Waals surface area contributed by atoms with Crippen LogP contribution >= 0.6 is 39.1 Å². The molecule has 1 saturated heterocycles. The first kappa shape index (κ1) is 32.5. The van der Waals surface area contributed by atoms with Crippen LogP contribution in [0, 0.1) is 0 Å². The Balaban J connectivity index is 1.88. The van der Waals surface area contributed by atoms with E-state index < -0.39 is 70.3 Å². The molecule has 1 fully saturated rings. The highest BCUT2D eigenvalue weighted by Gasteiger charge is 2.51. The monoisotopic (exact) mass is 667 g/mol. The third-order valence-corrected chi connectivity index (χ3v) is 10.2. The summed E-state index contributed by atoms with van der Waals surface area (Å²) in [5.41, 5.74) is 5.60. The molecule has 4 unspecified atom stereocenters. The summed E-state index contributed by atoms with van der Waals surface area (Å²) in [5.74, 6) is -0.113. The number of phosphoric acid groups is 5. The van der Waals surface area contributed by atoms with E-state index in [1.54, 1.807) is 0 Å². The van der Waals surface area contributed by atoms with Gasteiger partial charge in [-0.1, -0.05) is 0 Å². The summed E-state index contributed by atoms with van der Waals surface area (Å²) in [4.78, 5) is 74.9. The van der Waals surface area contributed by atoms with Gasteiger partial charge >= 0.3 is 39.1 Å². The van der Waals surface area contributed by atoms with Crippen LogP contribution in [0.5, 0.6) is 0 Å². The van der Waals surface area contributed by atoms with Gasteiger partial charge in [-0.15, -0.1) is 0 Å². The first-order valence-corrected chi connectivity index (χ1v) is 17.0. The molecule has 0 aromatic carbocycles. The molecule has 24 nitrogen and oxygen atoms in total. The van der Waals surface area contributed by atoms with Gasteiger partial charge in [0.05, 0.1) is 12.9 Å². The zero-order chi connectivity index (χ0) is 29.6. The lowest BCUT2D eigenvalue weighted by Gasteiger charge is -2.23. The zero-order valence-electron chi connectivity index (χ0n) is 18.3. The fraction of sp³-hybridized carbons (Fsp3) is 0.500. The number of aliphatic hydroxyl groups excluding tert-OH is 1. The van der Waals surface area contributed by atoms with Crippen molar-refractivity contribution in [3.63, 3.8) is 0 Å². The number of fused-ring (bicyclic) bond motifs is 1. The average Bonchev–Trinajstić information content (AvgIpc) is 3.24. The molecule has 0 bridgehead atoms. The van der Waals surface area contributed by atoms with Gasteiger partial charge in [-0.2, -0.15) is 12.9 Å². The quantitative estimate of drug-likeness (QED) is 0.118. The number of nitrogen functional groups attached to an aromatic ring is 1. The summed E-state index contributed by atoms with van der Waals surface area (Å²) in [6.45, 7) is -1.32. The zero-order valence-corrected chi connectivity index (χ0v) is 22.8. The maximum absolute atomic E-state index is 12.1. The fourth-order valence-corrected chi connectivity index (χ4v) is 7.88. The molecule has 0 spiro atoms. The van der Waals surface area contributed by atoms with E-state index in [0.717, 1.165) is 17.2 Å². The van der Waals surface area contributed by atoms with Crippen molar-refractivity contribution in [1.29, 1.82) is 0 Å². The molecular weight excluding hydrogens is 649 g/mol. The molecule has 3 heterocycles. The Morgan fingerprint density at radius 1 is 0.872 bits per heavy atom. The van der Waals surface area contributed by atoms with Crippen LogP contribution in [-0.4, -0.2) is 83.8 Å². The van der Waals surface area contributed by atoms with Crippen molar-refractivity contribution in [2.75, 3.05) is 12.3 Å². The SMILES string of the molecule is Nc1ncnc2c1ncn2[C@@H]1O[C@H](COP(=O)(O)OP(=O)(O)OP(=O)(O)O)C(OP(=O)(O)OP(=O)(O)O)[C@@H]1O. The maximum Gasteiger partial charge on any atom is 0.490 e. The molecule has 2 aromatic rings. The highest BCUT2D eigenvalue weighted by Crippen LogP contribution is 2.66. The molecule has 7 atom stereocenters. The summed E-state index contributed by atoms with van der Waals surface area (Å²) in [7, 11) is -28.7. The van der Waals surface area contributed by atoms with Gasteiger partial charge in [0.25, 0.3) is 0 Å². The molecule has 1 aliphatic heterocycles. The van der Waals surface area contributed by atoms with Crippen LogP contribution in [0.2, 0.25) is 0 Å². The van der Waals surface area contributed by atoms with Gasteiger partial charge in [0.2, 0.25) is 0 Å². The molecule has 1 aliphatic rings. The van der Waals surface area contributed by atoms with Crippen LogP contribution in [0.3, 0.4) is 0 Å². The molecule has 39 heavy (non-hydrogen) atoms. The second kappa shape index (κ2) is 11.3. The van der Waals surface area contributed by atoms with Crippen molar-refractivity contribution in [3.05, 3.63) is 12.7 Å². The van der Waals surface area contributed by atoms with E-state index in [-0.39, 0.29) is 17.0 Å². The fourth-order valence-electron chi connectivity index (χ4n) is 3.05. The Hall–Kier alpha value is -1.06. The van der Waals surface area contributed by atoms with E-state index in [2.05, 4.69) is 36.9 Å². The van der Waals surface area contributed by atoms with Gasteiger partial charge in [-0.25, -0.2) is 37.8 Å². The predicted octanol–water partition coefficient (Wildman–Crippen LogP) is -1.40. The molecule has 0 aliphatic carbocycles. The Labute approximate surface area is 214 Å². The number of hydrogen-bond donors (Lipinski definition) is 9. The van der Waals surface area contributed by atoms with Crippen molar-refractivity contribution in [2.24, 2.45) is 0 Å². The average molecular weight is 667 g/mol. The number of aromatic nitrogens is 4. The van der Waals surface area contributed by atoms with Crippen molar-refractivity contribution < 1.29 is 88.9 Å². The third kappa shape index (κ3) is 8.96. The van der Waals surface area contributed by atoms with Gasteiger partial charge in [0.1, 0.15) is 30.2 Å². The van der Waals surface area contributed by atoms with Crippen LogP contribution in [0.1, 0.15) is 6.23 Å². The summed E-state index contributed by atoms with van der Waals surface area (Å²) >= 11 is 0. The summed E-state index contributed by atoms with van der Waals surface area (Å²) < 4.78 is 83.6. The first-order valence-electron chi connectivity index (χ1n) is 9.41. The second-order valence-corrected chi connectivity index (χ2v) is 14.3. The van der Waals surface area contributed by atoms with Gasteiger partial charge < -0.3 is 49.8 Å². The topological polar surface area (TPSA) is 372 Å². The highest BCUT2D eigenvalue weighted by molar-refractivity contribution is 7.66. The lowest BCUT2D eigenvalue weighted by molar-refractivity contribution is -0.0501. The van der Waals surface area contributed by atoms with Crippen LogP contribution in [-0.2, 0) is 49.5 Å². The second-order valence-electron chi connectivity index (χ2n) is 7.14. The first-order chi connectivity index (χ1) is 17.6. The van der Waals surface area contributed by atoms with Crippen LogP contribution < -0.4 is 5.73 Å². The van der Waals surface area contributed by atoms with E-state index in [9.17, 15) is 42.6 Å². The summed E-state index contributed by atoms with van der Waals surface area (Å²) in [6, 6.07) is 0. The Morgan fingerprint density at radius 3 is 2.05 bits per heavy atom. The molecule has 10 N–H and O–H groups in total. The number of nitrogens with zero attached hydrogens (tertiary/aromatic N) is 4. The van der Waals surface area contributed by atoms with Crippen LogP contribution in [0.4, 0.5) is 5.82 Å². The minimum Gasteiger partial charge on any atom is -0.386 e. The number of ether oxygens (including phenoxy) is 1. The lowest BCUT2D eigenvalue weighted by atomic mass is 10.1. The number of imidazole rings is 1. The van der Waals surface area contributed by atoms with E-state index >= 15 is 0 Å². The molecule has 2 aromatic heterocycles. The smallest absolute Gasteiger partial charge is 0.386 e. The molecule has 0 radical (unpaired) electrons. The van der Waals surface area contributed by atoms with Gasteiger partial charge in [0, 0.05) is 0 Å². The standard InChI is InChI=1S/C10H18N5O19P5/c11-8-5-9(13-2-12-8)15(3-14-5)10-6(16)7(31-38(25,26)32-35(17,18)19)4(30-10)1-29-37(23,24)34-39(27,28)33-36(20,21)22/h2-4,6-7,10,16H,1H2,(H,23,24)(H,25,26)(H,27,28)(H2,11,12,13)(H2,17,18,19)(H2,20,21,22)/t4-,6+,7?,10-/m1/s1. The van der Waals surface area contributed by atoms with Gasteiger partial charge in [-0.05, 0) is 0 Å². The number of hydrogen-bond acceptors (Lipinski definition) is 16. The summed E-state index contributed by atoms with van der Waals surface area (Å²) in [5, 5.41) is 10.8. The Kier molecular flexibility index (Phi) is 9.42. The van der Waals surface area contributed by atoms with E-state index in [1.165, 1.54) is 0 Å². The van der Waals surface area contributed by atoms with E-state index in [1.807, 2.05) is 0 Å². The lowest BCUT2D eigenvalue weighted by Crippen LogP contribution is -2.36. The third-order valence-electron chi connectivity index (χ3n) is 4.25. The number of nitrogens with two attached hydrogens (primary N) is 1. The molecule has 0 saturated carbocycles. The van der Waals surface area contributed by atoms with Crippen molar-refractivity contribution in [2.45, 2.75) is 24.5 Å². The van der Waals surface area contributed by atoms with Crippen molar-refractivity contribution in [3.8, 4) is 0 Å². The largest absolute Gasteiger partial charge is 0.490 e. The van der Waals surface area contributed by atoms with E-state index in [0.29, 0.717) is 0 Å². The predicted molar refractivity (Wildman–Crippen MR) is 117 cm³/mol. The van der Waals surface area contributed by atoms with Crippen LogP contribution in [0.15, 0.2) is 12.7 Å². The maximum atomic E-state index is 12.1. The van der Waals surface area contributed by atoms with Crippen LogP contribution in [0.25, 0.3) is 11.2 Å². The number of aliphatic hydroxyl groups is 1. The number of rotatable bonds is 12. The minimum absolute atomic E-state index is 0.000134. The van der Waals surface area contributed by atoms with E-state index in [4.69, 9.17) is 30.0 Å². The Bertz CT molecular complexity index is 1450. The summed E-state index contributed by atoms with van der Waals surface area (Å²) in [6.07, 6.45) is -5.86. The highest BCUT2D eigenvalue weighted by atomic mass is 31.3.